The highest BCUT2D eigenvalue weighted by Gasteiger charge is 2.26. The number of rotatable bonds is 3. The van der Waals surface area contributed by atoms with Crippen LogP contribution in [0.3, 0.4) is 0 Å². The van der Waals surface area contributed by atoms with Gasteiger partial charge in [-0.1, -0.05) is 19.3 Å². The molecule has 2 aliphatic rings. The van der Waals surface area contributed by atoms with Gasteiger partial charge in [0.25, 0.3) is 0 Å². The molecule has 1 aromatic rings. The van der Waals surface area contributed by atoms with Crippen LogP contribution in [0.5, 0.6) is 0 Å². The minimum atomic E-state index is -3.45. The van der Waals surface area contributed by atoms with E-state index in [4.69, 9.17) is 17.0 Å². The molecule has 0 aromatic heterocycles. The van der Waals surface area contributed by atoms with Crippen molar-refractivity contribution in [1.82, 2.24) is 9.21 Å². The zero-order chi connectivity index (χ0) is 18.4. The van der Waals surface area contributed by atoms with Crippen molar-refractivity contribution in [2.24, 2.45) is 0 Å². The van der Waals surface area contributed by atoms with Crippen molar-refractivity contribution >= 4 is 33.0 Å². The van der Waals surface area contributed by atoms with Crippen LogP contribution in [-0.2, 0) is 14.8 Å². The first-order valence-corrected chi connectivity index (χ1v) is 11.2. The van der Waals surface area contributed by atoms with Crippen LogP contribution in [0.1, 0.15) is 32.1 Å². The summed E-state index contributed by atoms with van der Waals surface area (Å²) in [5.74, 6) is 0. The maximum absolute atomic E-state index is 12.7. The van der Waals surface area contributed by atoms with E-state index in [0.717, 1.165) is 23.9 Å². The number of sulfonamides is 1. The number of nitrogens with zero attached hydrogens (tertiary/aromatic N) is 2. The van der Waals surface area contributed by atoms with Gasteiger partial charge in [0.2, 0.25) is 10.0 Å². The molecule has 8 heteroatoms. The molecule has 26 heavy (non-hydrogen) atoms. The molecule has 0 aliphatic carbocycles. The number of morpholine rings is 1. The van der Waals surface area contributed by atoms with Crippen LogP contribution in [-0.4, -0.2) is 62.1 Å². The van der Waals surface area contributed by atoms with E-state index in [2.05, 4.69) is 10.2 Å². The maximum Gasteiger partial charge on any atom is 0.243 e. The van der Waals surface area contributed by atoms with Crippen molar-refractivity contribution in [1.29, 1.82) is 0 Å². The van der Waals surface area contributed by atoms with Gasteiger partial charge in [-0.2, -0.15) is 4.31 Å². The Morgan fingerprint density at radius 2 is 1.50 bits per heavy atom. The average molecular weight is 398 g/mol. The van der Waals surface area contributed by atoms with Gasteiger partial charge in [0.05, 0.1) is 18.1 Å². The largest absolute Gasteiger partial charge is 0.379 e. The number of hydrogen-bond acceptors (Lipinski definition) is 4. The van der Waals surface area contributed by atoms with Crippen molar-refractivity contribution in [3.05, 3.63) is 24.3 Å². The molecule has 0 bridgehead atoms. The summed E-state index contributed by atoms with van der Waals surface area (Å²) in [4.78, 5) is 2.52. The van der Waals surface area contributed by atoms with Crippen molar-refractivity contribution in [2.75, 3.05) is 44.7 Å². The van der Waals surface area contributed by atoms with Crippen LogP contribution < -0.4 is 5.32 Å². The molecule has 0 radical (unpaired) electrons. The summed E-state index contributed by atoms with van der Waals surface area (Å²) in [6.07, 6.45) is 6.16. The number of likely N-dealkylation sites (tertiary alicyclic amines) is 1. The van der Waals surface area contributed by atoms with Crippen molar-refractivity contribution in [2.45, 2.75) is 37.0 Å². The molecule has 1 N–H and O–H groups in total. The van der Waals surface area contributed by atoms with Gasteiger partial charge in [0.15, 0.2) is 5.11 Å². The molecule has 2 fully saturated rings. The van der Waals surface area contributed by atoms with E-state index < -0.39 is 10.0 Å². The lowest BCUT2D eigenvalue weighted by Gasteiger charge is -2.28. The minimum absolute atomic E-state index is 0.308. The third-order valence-electron chi connectivity index (χ3n) is 4.86. The van der Waals surface area contributed by atoms with Gasteiger partial charge in [-0.25, -0.2) is 8.42 Å². The van der Waals surface area contributed by atoms with Crippen LogP contribution in [0.2, 0.25) is 0 Å². The SMILES string of the molecule is O=S(=O)(c1ccc(NC(=S)N2CCCCCCC2)cc1)N1CCOCC1. The second-order valence-corrected chi connectivity index (χ2v) is 9.05. The molecule has 0 unspecified atom stereocenters. The summed E-state index contributed by atoms with van der Waals surface area (Å²) in [7, 11) is -3.45. The summed E-state index contributed by atoms with van der Waals surface area (Å²) < 4.78 is 32.0. The second kappa shape index (κ2) is 9.12. The zero-order valence-corrected chi connectivity index (χ0v) is 16.7. The van der Waals surface area contributed by atoms with E-state index >= 15 is 0 Å². The Labute approximate surface area is 161 Å². The molecule has 2 aliphatic heterocycles. The quantitative estimate of drug-likeness (QED) is 0.792. The van der Waals surface area contributed by atoms with E-state index in [1.165, 1.54) is 36.4 Å². The minimum Gasteiger partial charge on any atom is -0.379 e. The molecule has 0 saturated carbocycles. The van der Waals surface area contributed by atoms with Crippen molar-refractivity contribution in [3.63, 3.8) is 0 Å². The Morgan fingerprint density at radius 3 is 2.12 bits per heavy atom. The van der Waals surface area contributed by atoms with Gasteiger partial charge in [-0.15, -0.1) is 0 Å². The van der Waals surface area contributed by atoms with Gasteiger partial charge in [-0.3, -0.25) is 0 Å². The molecule has 2 saturated heterocycles. The molecule has 3 rings (SSSR count). The highest BCUT2D eigenvalue weighted by atomic mass is 32.2. The van der Waals surface area contributed by atoms with Gasteiger partial charge in [-0.05, 0) is 49.3 Å². The first kappa shape index (κ1) is 19.5. The lowest BCUT2D eigenvalue weighted by Crippen LogP contribution is -2.40. The molecule has 144 valence electrons. The highest BCUT2D eigenvalue weighted by Crippen LogP contribution is 2.20. The highest BCUT2D eigenvalue weighted by molar-refractivity contribution is 7.89. The second-order valence-electron chi connectivity index (χ2n) is 6.73. The van der Waals surface area contributed by atoms with Gasteiger partial charge >= 0.3 is 0 Å². The number of ether oxygens (including phenoxy) is 1. The Kier molecular flexibility index (Phi) is 6.86. The van der Waals surface area contributed by atoms with Crippen molar-refractivity contribution < 1.29 is 13.2 Å². The molecule has 0 atom stereocenters. The predicted octanol–water partition coefficient (Wildman–Crippen LogP) is 2.67. The van der Waals surface area contributed by atoms with E-state index in [-0.39, 0.29) is 0 Å². The molecular formula is C18H27N3O3S2. The van der Waals surface area contributed by atoms with E-state index in [1.54, 1.807) is 24.3 Å². The summed E-state index contributed by atoms with van der Waals surface area (Å²) in [6, 6.07) is 6.85. The molecular weight excluding hydrogens is 370 g/mol. The third kappa shape index (κ3) is 4.94. The first-order chi connectivity index (χ1) is 12.6. The van der Waals surface area contributed by atoms with Crippen LogP contribution in [0.25, 0.3) is 0 Å². The third-order valence-corrected chi connectivity index (χ3v) is 7.13. The summed E-state index contributed by atoms with van der Waals surface area (Å²) >= 11 is 5.54. The van der Waals surface area contributed by atoms with Crippen LogP contribution in [0.4, 0.5) is 5.69 Å². The predicted molar refractivity (Wildman–Crippen MR) is 107 cm³/mol. The van der Waals surface area contributed by atoms with Gasteiger partial charge in [0.1, 0.15) is 0 Å². The van der Waals surface area contributed by atoms with E-state index in [9.17, 15) is 8.42 Å². The zero-order valence-electron chi connectivity index (χ0n) is 15.0. The fourth-order valence-electron chi connectivity index (χ4n) is 3.30. The smallest absolute Gasteiger partial charge is 0.243 e. The maximum atomic E-state index is 12.7. The molecule has 2 heterocycles. The standard InChI is InChI=1S/C18H27N3O3S2/c22-26(23,21-12-14-24-15-13-21)17-8-6-16(7-9-17)19-18(25)20-10-4-2-1-3-5-11-20/h6-9H,1-5,10-15H2,(H,19,25). The van der Waals surface area contributed by atoms with E-state index in [1.807, 2.05) is 0 Å². The Hall–Kier alpha value is -1.22. The number of hydrogen-bond donors (Lipinski definition) is 1. The Morgan fingerprint density at radius 1 is 0.923 bits per heavy atom. The molecule has 0 spiro atoms. The lowest BCUT2D eigenvalue weighted by atomic mass is 10.1. The summed E-state index contributed by atoms with van der Waals surface area (Å²) in [5, 5.41) is 3.97. The topological polar surface area (TPSA) is 61.9 Å². The molecule has 0 amide bonds. The number of nitrogens with one attached hydrogen (secondary N) is 1. The molecule has 1 aromatic carbocycles. The van der Waals surface area contributed by atoms with Crippen molar-refractivity contribution in [3.8, 4) is 0 Å². The summed E-state index contributed by atoms with van der Waals surface area (Å²) in [6.45, 7) is 3.67. The van der Waals surface area contributed by atoms with E-state index in [0.29, 0.717) is 31.2 Å². The fourth-order valence-corrected chi connectivity index (χ4v) is 5.01. The van der Waals surface area contributed by atoms with Crippen LogP contribution >= 0.6 is 12.2 Å². The van der Waals surface area contributed by atoms with Crippen LogP contribution in [0, 0.1) is 0 Å². The number of thiocarbonyl (C=S) groups is 1. The normalized spacial score (nSPS) is 20.2. The number of benzene rings is 1. The average Bonchev–Trinajstić information content (AvgIpc) is 2.62. The Bertz CT molecular complexity index is 693. The van der Waals surface area contributed by atoms with Gasteiger partial charge < -0.3 is 15.0 Å². The lowest BCUT2D eigenvalue weighted by molar-refractivity contribution is 0.0730. The first-order valence-electron chi connectivity index (χ1n) is 9.31. The van der Waals surface area contributed by atoms with Gasteiger partial charge in [0, 0.05) is 31.9 Å². The monoisotopic (exact) mass is 397 g/mol. The molecule has 6 nitrogen and oxygen atoms in total. The summed E-state index contributed by atoms with van der Waals surface area (Å²) in [5.41, 5.74) is 0.818. The fraction of sp³-hybridized carbons (Fsp3) is 0.611. The Balaban J connectivity index is 1.62. The number of anilines is 1. The van der Waals surface area contributed by atoms with Crippen LogP contribution in [0.15, 0.2) is 29.2 Å².